The van der Waals surface area contributed by atoms with Gasteiger partial charge in [0, 0.05) is 36.3 Å². The zero-order chi connectivity index (χ0) is 15.5. The average Bonchev–Trinajstić information content (AvgIpc) is 3.15. The van der Waals surface area contributed by atoms with E-state index in [2.05, 4.69) is 35.1 Å². The highest BCUT2D eigenvalue weighted by atomic mass is 16.5. The SMILES string of the molecule is COC[C@H](C)N1CCC[C@@H]1Cc1c[nH]c2ccc(OC)cc12. The number of aromatic nitrogens is 1. The molecule has 1 aliphatic heterocycles. The van der Waals surface area contributed by atoms with E-state index in [1.165, 1.54) is 35.9 Å². The number of H-pyrrole nitrogens is 1. The van der Waals surface area contributed by atoms with Crippen molar-refractivity contribution in [2.24, 2.45) is 0 Å². The van der Waals surface area contributed by atoms with Crippen molar-refractivity contribution in [1.29, 1.82) is 0 Å². The van der Waals surface area contributed by atoms with Crippen LogP contribution in [0, 0.1) is 0 Å². The molecule has 0 bridgehead atoms. The summed E-state index contributed by atoms with van der Waals surface area (Å²) in [5, 5.41) is 1.28. The number of hydrogen-bond donors (Lipinski definition) is 1. The van der Waals surface area contributed by atoms with Gasteiger partial charge in [-0.3, -0.25) is 4.90 Å². The molecular weight excluding hydrogens is 276 g/mol. The molecule has 120 valence electrons. The minimum Gasteiger partial charge on any atom is -0.497 e. The van der Waals surface area contributed by atoms with Gasteiger partial charge in [0.2, 0.25) is 0 Å². The van der Waals surface area contributed by atoms with Crippen LogP contribution in [-0.4, -0.2) is 49.3 Å². The number of methoxy groups -OCH3 is 2. The Morgan fingerprint density at radius 2 is 2.23 bits per heavy atom. The van der Waals surface area contributed by atoms with Crippen molar-refractivity contribution in [3.05, 3.63) is 30.0 Å². The minimum atomic E-state index is 0.484. The first kappa shape index (κ1) is 15.4. The summed E-state index contributed by atoms with van der Waals surface area (Å²) in [5.41, 5.74) is 2.57. The van der Waals surface area contributed by atoms with Gasteiger partial charge in [-0.1, -0.05) is 0 Å². The summed E-state index contributed by atoms with van der Waals surface area (Å²) in [6, 6.07) is 7.33. The van der Waals surface area contributed by atoms with E-state index < -0.39 is 0 Å². The van der Waals surface area contributed by atoms with Crippen molar-refractivity contribution >= 4 is 10.9 Å². The lowest BCUT2D eigenvalue weighted by atomic mass is 10.0. The Kier molecular flexibility index (Phi) is 4.69. The van der Waals surface area contributed by atoms with E-state index in [1.807, 2.05) is 6.07 Å². The molecule has 1 N–H and O–H groups in total. The highest BCUT2D eigenvalue weighted by Crippen LogP contribution is 2.29. The molecule has 0 radical (unpaired) electrons. The maximum absolute atomic E-state index is 5.37. The molecule has 2 aromatic rings. The predicted molar refractivity (Wildman–Crippen MR) is 89.6 cm³/mol. The maximum atomic E-state index is 5.37. The molecule has 4 nitrogen and oxygen atoms in total. The van der Waals surface area contributed by atoms with Crippen molar-refractivity contribution < 1.29 is 9.47 Å². The molecule has 2 heterocycles. The van der Waals surface area contributed by atoms with E-state index in [0.717, 1.165) is 18.8 Å². The molecule has 0 saturated carbocycles. The van der Waals surface area contributed by atoms with Crippen LogP contribution in [0.4, 0.5) is 0 Å². The van der Waals surface area contributed by atoms with Crippen molar-refractivity contribution in [2.45, 2.75) is 38.3 Å². The van der Waals surface area contributed by atoms with E-state index in [0.29, 0.717) is 12.1 Å². The van der Waals surface area contributed by atoms with E-state index in [-0.39, 0.29) is 0 Å². The second-order valence-electron chi connectivity index (χ2n) is 6.27. The lowest BCUT2D eigenvalue weighted by Gasteiger charge is -2.30. The Bertz CT molecular complexity index is 623. The highest BCUT2D eigenvalue weighted by Gasteiger charge is 2.29. The average molecular weight is 302 g/mol. The molecule has 0 spiro atoms. The quantitative estimate of drug-likeness (QED) is 0.890. The molecule has 1 aromatic carbocycles. The summed E-state index contributed by atoms with van der Waals surface area (Å²) in [5.74, 6) is 0.921. The largest absolute Gasteiger partial charge is 0.497 e. The van der Waals surface area contributed by atoms with Crippen LogP contribution in [0.15, 0.2) is 24.4 Å². The van der Waals surface area contributed by atoms with Gasteiger partial charge >= 0.3 is 0 Å². The van der Waals surface area contributed by atoms with Gasteiger partial charge in [-0.05, 0) is 56.5 Å². The molecular formula is C18H26N2O2. The molecule has 1 fully saturated rings. The number of nitrogens with one attached hydrogen (secondary N) is 1. The van der Waals surface area contributed by atoms with Crippen molar-refractivity contribution in [3.63, 3.8) is 0 Å². The van der Waals surface area contributed by atoms with Gasteiger partial charge in [-0.25, -0.2) is 0 Å². The van der Waals surface area contributed by atoms with Crippen molar-refractivity contribution in [2.75, 3.05) is 27.4 Å². The zero-order valence-corrected chi connectivity index (χ0v) is 13.8. The molecule has 1 aliphatic rings. The Morgan fingerprint density at radius 1 is 1.36 bits per heavy atom. The molecule has 0 unspecified atom stereocenters. The third-order valence-corrected chi connectivity index (χ3v) is 4.83. The fourth-order valence-electron chi connectivity index (χ4n) is 3.70. The third kappa shape index (κ3) is 2.99. The lowest BCUT2D eigenvalue weighted by Crippen LogP contribution is -2.40. The number of nitrogens with zero attached hydrogens (tertiary/aromatic N) is 1. The van der Waals surface area contributed by atoms with Gasteiger partial charge in [0.25, 0.3) is 0 Å². The molecule has 1 saturated heterocycles. The van der Waals surface area contributed by atoms with Crippen molar-refractivity contribution in [3.8, 4) is 5.75 Å². The first-order valence-corrected chi connectivity index (χ1v) is 8.11. The van der Waals surface area contributed by atoms with Crippen LogP contribution in [-0.2, 0) is 11.2 Å². The molecule has 0 aliphatic carbocycles. The van der Waals surface area contributed by atoms with Crippen LogP contribution in [0.25, 0.3) is 10.9 Å². The van der Waals surface area contributed by atoms with Gasteiger partial charge in [0.05, 0.1) is 13.7 Å². The number of ether oxygens (including phenoxy) is 2. The number of aromatic amines is 1. The standard InChI is InChI=1S/C18H26N2O2/c1-13(12-21-2)20-8-4-5-15(20)9-14-11-19-18-7-6-16(22-3)10-17(14)18/h6-7,10-11,13,15,19H,4-5,8-9,12H2,1-3H3/t13-,15+/m0/s1. The van der Waals surface area contributed by atoms with Crippen molar-refractivity contribution in [1.82, 2.24) is 9.88 Å². The van der Waals surface area contributed by atoms with Crippen LogP contribution in [0.5, 0.6) is 5.75 Å². The van der Waals surface area contributed by atoms with Gasteiger partial charge in [0.15, 0.2) is 0 Å². The Morgan fingerprint density at radius 3 is 3.00 bits per heavy atom. The summed E-state index contributed by atoms with van der Waals surface area (Å²) in [6.45, 7) is 4.25. The minimum absolute atomic E-state index is 0.484. The van der Waals surface area contributed by atoms with Crippen LogP contribution in [0.1, 0.15) is 25.3 Å². The van der Waals surface area contributed by atoms with Crippen LogP contribution in [0.3, 0.4) is 0 Å². The van der Waals surface area contributed by atoms with Gasteiger partial charge in [-0.2, -0.15) is 0 Å². The first-order chi connectivity index (χ1) is 10.7. The first-order valence-electron chi connectivity index (χ1n) is 8.11. The Balaban J connectivity index is 1.80. The van der Waals surface area contributed by atoms with Gasteiger partial charge in [-0.15, -0.1) is 0 Å². The zero-order valence-electron chi connectivity index (χ0n) is 13.8. The fourth-order valence-corrected chi connectivity index (χ4v) is 3.70. The van der Waals surface area contributed by atoms with E-state index in [1.54, 1.807) is 14.2 Å². The Labute approximate surface area is 132 Å². The van der Waals surface area contributed by atoms with E-state index >= 15 is 0 Å². The molecule has 4 heteroatoms. The van der Waals surface area contributed by atoms with Crippen LogP contribution in [0.2, 0.25) is 0 Å². The topological polar surface area (TPSA) is 37.5 Å². The molecule has 22 heavy (non-hydrogen) atoms. The normalized spacial score (nSPS) is 20.6. The summed E-state index contributed by atoms with van der Waals surface area (Å²) >= 11 is 0. The lowest BCUT2D eigenvalue weighted by molar-refractivity contribution is 0.0913. The fraction of sp³-hybridized carbons (Fsp3) is 0.556. The number of benzene rings is 1. The number of rotatable bonds is 6. The molecule has 1 aromatic heterocycles. The maximum Gasteiger partial charge on any atom is 0.119 e. The van der Waals surface area contributed by atoms with Crippen LogP contribution < -0.4 is 4.74 Å². The third-order valence-electron chi connectivity index (χ3n) is 4.83. The highest BCUT2D eigenvalue weighted by molar-refractivity contribution is 5.84. The Hall–Kier alpha value is -1.52. The van der Waals surface area contributed by atoms with E-state index in [4.69, 9.17) is 9.47 Å². The number of likely N-dealkylation sites (tertiary alicyclic amines) is 1. The molecule has 2 atom stereocenters. The second kappa shape index (κ2) is 6.71. The van der Waals surface area contributed by atoms with E-state index in [9.17, 15) is 0 Å². The predicted octanol–water partition coefficient (Wildman–Crippen LogP) is 3.22. The molecule has 0 amide bonds. The second-order valence-corrected chi connectivity index (χ2v) is 6.27. The summed E-state index contributed by atoms with van der Waals surface area (Å²) in [6.07, 6.45) is 5.79. The number of fused-ring (bicyclic) bond motifs is 1. The molecule has 3 rings (SSSR count). The van der Waals surface area contributed by atoms with Crippen LogP contribution >= 0.6 is 0 Å². The van der Waals surface area contributed by atoms with Gasteiger partial charge in [0.1, 0.15) is 5.75 Å². The summed E-state index contributed by atoms with van der Waals surface area (Å²) in [7, 11) is 3.51. The van der Waals surface area contributed by atoms with Gasteiger partial charge < -0.3 is 14.5 Å². The summed E-state index contributed by atoms with van der Waals surface area (Å²) in [4.78, 5) is 5.98. The summed E-state index contributed by atoms with van der Waals surface area (Å²) < 4.78 is 10.7. The monoisotopic (exact) mass is 302 g/mol. The smallest absolute Gasteiger partial charge is 0.119 e. The number of hydrogen-bond acceptors (Lipinski definition) is 3.